The molecule has 5 heteroatoms. The zero-order valence-corrected chi connectivity index (χ0v) is 13.6. The number of carbonyl (C=O) groups is 1. The molecule has 2 N–H and O–H groups in total. The van der Waals surface area contributed by atoms with Gasteiger partial charge in [-0.15, -0.1) is 0 Å². The summed E-state index contributed by atoms with van der Waals surface area (Å²) in [5.74, 6) is 0.333. The number of nitrogens with zero attached hydrogens (tertiary/aromatic N) is 1. The first-order valence-electron chi connectivity index (χ1n) is 7.21. The number of rotatable bonds is 7. The van der Waals surface area contributed by atoms with Crippen LogP contribution >= 0.6 is 0 Å². The van der Waals surface area contributed by atoms with Crippen molar-refractivity contribution in [1.82, 2.24) is 5.32 Å². The zero-order chi connectivity index (χ0) is 15.8. The molecule has 0 aliphatic rings. The molecule has 0 aromatic carbocycles. The van der Waals surface area contributed by atoms with Gasteiger partial charge < -0.3 is 10.6 Å². The van der Waals surface area contributed by atoms with Crippen molar-refractivity contribution in [3.05, 3.63) is 35.7 Å². The minimum absolute atomic E-state index is 0.0526. The van der Waals surface area contributed by atoms with Crippen molar-refractivity contribution in [2.24, 2.45) is 5.92 Å². The van der Waals surface area contributed by atoms with E-state index in [0.717, 1.165) is 17.1 Å². The summed E-state index contributed by atoms with van der Waals surface area (Å²) in [6.45, 7) is 9.31. The minimum Gasteiger partial charge on any atom is -0.383 e. The van der Waals surface area contributed by atoms with Crippen molar-refractivity contribution in [2.45, 2.75) is 27.7 Å². The van der Waals surface area contributed by atoms with Crippen LogP contribution in [0.3, 0.4) is 0 Å². The van der Waals surface area contributed by atoms with E-state index < -0.39 is 0 Å². The molecule has 1 amide bonds. The Labute approximate surface area is 127 Å². The number of aromatic nitrogens is 1. The van der Waals surface area contributed by atoms with Crippen LogP contribution in [0.4, 0.5) is 5.69 Å². The van der Waals surface area contributed by atoms with Crippen LogP contribution in [0, 0.1) is 19.8 Å². The van der Waals surface area contributed by atoms with Gasteiger partial charge in [-0.2, -0.15) is 0 Å². The lowest BCUT2D eigenvalue weighted by Crippen LogP contribution is -2.46. The van der Waals surface area contributed by atoms with E-state index in [-0.39, 0.29) is 5.91 Å². The van der Waals surface area contributed by atoms with Crippen LogP contribution < -0.4 is 20.2 Å². The summed E-state index contributed by atoms with van der Waals surface area (Å²) in [7, 11) is 1.65. The molecule has 0 saturated carbocycles. The second kappa shape index (κ2) is 8.29. The van der Waals surface area contributed by atoms with Gasteiger partial charge in [0.2, 0.25) is 17.3 Å². The average molecular weight is 292 g/mol. The Balaban J connectivity index is 2.41. The lowest BCUT2D eigenvalue weighted by atomic mass is 10.2. The molecular weight excluding hydrogens is 266 g/mol. The standard InChI is InChI=1S/C16H25N3O2/c1-12(2)6-7-16(20)18-9-8-17-15-10-13(3)19(21-5)14(4)11-15/h6-7,10-12H,8-9H2,1-5H3,(H,18,20)/p+1/b7-6+. The van der Waals surface area contributed by atoms with Crippen LogP contribution in [-0.2, 0) is 4.79 Å². The Morgan fingerprint density at radius 2 is 1.90 bits per heavy atom. The Bertz CT molecular complexity index is 487. The first kappa shape index (κ1) is 17.0. The third kappa shape index (κ3) is 5.85. The zero-order valence-electron chi connectivity index (χ0n) is 13.6. The fourth-order valence-electron chi connectivity index (χ4n) is 2.01. The molecule has 1 aromatic rings. The molecule has 1 rings (SSSR count). The van der Waals surface area contributed by atoms with Crippen LogP contribution in [0.1, 0.15) is 25.2 Å². The summed E-state index contributed by atoms with van der Waals surface area (Å²) in [6, 6.07) is 4.02. The first-order chi connectivity index (χ1) is 9.93. The highest BCUT2D eigenvalue weighted by Gasteiger charge is 2.12. The second-order valence-electron chi connectivity index (χ2n) is 5.32. The van der Waals surface area contributed by atoms with Gasteiger partial charge in [-0.1, -0.05) is 19.9 Å². The predicted octanol–water partition coefficient (Wildman–Crippen LogP) is 1.39. The summed E-state index contributed by atoms with van der Waals surface area (Å²) in [5, 5.41) is 6.13. The Morgan fingerprint density at radius 3 is 2.43 bits per heavy atom. The first-order valence-corrected chi connectivity index (χ1v) is 7.21. The monoisotopic (exact) mass is 292 g/mol. The molecule has 0 fully saturated rings. The highest BCUT2D eigenvalue weighted by molar-refractivity contribution is 5.87. The number of hydrogen-bond acceptors (Lipinski definition) is 3. The van der Waals surface area contributed by atoms with E-state index in [1.54, 1.807) is 17.9 Å². The van der Waals surface area contributed by atoms with Crippen molar-refractivity contribution >= 4 is 11.6 Å². The molecule has 0 atom stereocenters. The molecule has 116 valence electrons. The van der Waals surface area contributed by atoms with Gasteiger partial charge in [0.15, 0.2) is 0 Å². The molecule has 0 bridgehead atoms. The summed E-state index contributed by atoms with van der Waals surface area (Å²) in [6.07, 6.45) is 3.47. The number of hydrogen-bond donors (Lipinski definition) is 2. The van der Waals surface area contributed by atoms with Gasteiger partial charge in [-0.05, 0) is 12.0 Å². The quantitative estimate of drug-likeness (QED) is 0.454. The van der Waals surface area contributed by atoms with Crippen LogP contribution in [0.25, 0.3) is 0 Å². The highest BCUT2D eigenvalue weighted by Crippen LogP contribution is 2.08. The maximum Gasteiger partial charge on any atom is 0.243 e. The minimum atomic E-state index is -0.0526. The Morgan fingerprint density at radius 1 is 1.29 bits per heavy atom. The van der Waals surface area contributed by atoms with E-state index in [1.165, 1.54) is 0 Å². The molecule has 0 saturated heterocycles. The largest absolute Gasteiger partial charge is 0.383 e. The molecular formula is C16H26N3O2+. The average Bonchev–Trinajstić information content (AvgIpc) is 2.41. The number of carbonyl (C=O) groups excluding carboxylic acids is 1. The summed E-state index contributed by atoms with van der Waals surface area (Å²) < 4.78 is 1.77. The van der Waals surface area contributed by atoms with E-state index in [0.29, 0.717) is 19.0 Å². The third-order valence-corrected chi connectivity index (χ3v) is 2.94. The Kier molecular flexibility index (Phi) is 6.72. The van der Waals surface area contributed by atoms with Gasteiger partial charge in [0.25, 0.3) is 0 Å². The molecule has 0 aliphatic heterocycles. The second-order valence-corrected chi connectivity index (χ2v) is 5.32. The number of pyridine rings is 1. The van der Waals surface area contributed by atoms with Crippen molar-refractivity contribution in [3.8, 4) is 0 Å². The molecule has 0 spiro atoms. The maximum atomic E-state index is 11.5. The summed E-state index contributed by atoms with van der Waals surface area (Å²) in [5.41, 5.74) is 3.05. The van der Waals surface area contributed by atoms with Gasteiger partial charge in [-0.25, -0.2) is 0 Å². The number of nitrogens with one attached hydrogen (secondary N) is 2. The van der Waals surface area contributed by atoms with E-state index >= 15 is 0 Å². The normalized spacial score (nSPS) is 11.0. The van der Waals surface area contributed by atoms with Gasteiger partial charge >= 0.3 is 0 Å². The van der Waals surface area contributed by atoms with Gasteiger partial charge in [0.05, 0.1) is 0 Å². The summed E-state index contributed by atoms with van der Waals surface area (Å²) >= 11 is 0. The molecule has 21 heavy (non-hydrogen) atoms. The van der Waals surface area contributed by atoms with Crippen molar-refractivity contribution < 1.29 is 14.4 Å². The fourth-order valence-corrected chi connectivity index (χ4v) is 2.01. The molecule has 0 radical (unpaired) electrons. The van der Waals surface area contributed by atoms with Gasteiger partial charge in [0.1, 0.15) is 7.11 Å². The Hall–Kier alpha value is -2.04. The molecule has 1 aromatic heterocycles. The SMILES string of the molecule is CO[n+]1c(C)cc(NCCNC(=O)/C=C/C(C)C)cc1C. The molecule has 0 unspecified atom stereocenters. The lowest BCUT2D eigenvalue weighted by Gasteiger charge is -2.08. The van der Waals surface area contributed by atoms with Crippen molar-refractivity contribution in [1.29, 1.82) is 0 Å². The topological polar surface area (TPSA) is 54.2 Å². The number of amides is 1. The third-order valence-electron chi connectivity index (χ3n) is 2.94. The van der Waals surface area contributed by atoms with Gasteiger partial charge in [0, 0.05) is 49.5 Å². The van der Waals surface area contributed by atoms with Crippen LogP contribution in [-0.4, -0.2) is 26.1 Å². The van der Waals surface area contributed by atoms with Crippen LogP contribution in [0.2, 0.25) is 0 Å². The molecule has 5 nitrogen and oxygen atoms in total. The van der Waals surface area contributed by atoms with E-state index in [1.807, 2.05) is 45.9 Å². The number of anilines is 1. The van der Waals surface area contributed by atoms with Crippen LogP contribution in [0.15, 0.2) is 24.3 Å². The smallest absolute Gasteiger partial charge is 0.243 e. The maximum absolute atomic E-state index is 11.5. The van der Waals surface area contributed by atoms with E-state index in [4.69, 9.17) is 4.84 Å². The van der Waals surface area contributed by atoms with Crippen molar-refractivity contribution in [3.63, 3.8) is 0 Å². The number of aryl methyl sites for hydroxylation is 2. The van der Waals surface area contributed by atoms with Crippen LogP contribution in [0.5, 0.6) is 0 Å². The fraction of sp³-hybridized carbons (Fsp3) is 0.500. The number of allylic oxidation sites excluding steroid dienone is 1. The lowest BCUT2D eigenvalue weighted by molar-refractivity contribution is -0.893. The molecule has 0 aliphatic carbocycles. The summed E-state index contributed by atoms with van der Waals surface area (Å²) in [4.78, 5) is 16.8. The van der Waals surface area contributed by atoms with Gasteiger partial charge in [-0.3, -0.25) is 9.63 Å². The van der Waals surface area contributed by atoms with E-state index in [9.17, 15) is 4.79 Å². The highest BCUT2D eigenvalue weighted by atomic mass is 16.6. The van der Waals surface area contributed by atoms with E-state index in [2.05, 4.69) is 10.6 Å². The van der Waals surface area contributed by atoms with Crippen molar-refractivity contribution in [2.75, 3.05) is 25.5 Å². The molecule has 1 heterocycles. The predicted molar refractivity (Wildman–Crippen MR) is 84.1 cm³/mol.